The number of rotatable bonds is 3. The van der Waals surface area contributed by atoms with Crippen LogP contribution in [0, 0.1) is 5.92 Å². The zero-order valence-electron chi connectivity index (χ0n) is 15.5. The lowest BCUT2D eigenvalue weighted by atomic mass is 9.86. The van der Waals surface area contributed by atoms with Gasteiger partial charge in [0.15, 0.2) is 12.6 Å². The van der Waals surface area contributed by atoms with E-state index in [1.807, 2.05) is 18.2 Å². The summed E-state index contributed by atoms with van der Waals surface area (Å²) >= 11 is 0. The van der Waals surface area contributed by atoms with Gasteiger partial charge in [0.25, 0.3) is 0 Å². The molecule has 138 valence electrons. The second-order valence-corrected chi connectivity index (χ2v) is 7.74. The van der Waals surface area contributed by atoms with Crippen LogP contribution in [-0.2, 0) is 18.9 Å². The molecular formula is C20H29NO4. The highest BCUT2D eigenvalue weighted by Gasteiger charge is 2.56. The van der Waals surface area contributed by atoms with E-state index in [1.54, 1.807) is 7.11 Å². The predicted molar refractivity (Wildman–Crippen MR) is 94.0 cm³/mol. The van der Waals surface area contributed by atoms with Crippen LogP contribution in [-0.4, -0.2) is 55.2 Å². The average Bonchev–Trinajstić information content (AvgIpc) is 2.98. The number of ether oxygens (including phenoxy) is 4. The minimum Gasteiger partial charge on any atom is -0.354 e. The molecule has 5 heteroatoms. The summed E-state index contributed by atoms with van der Waals surface area (Å²) in [6.07, 6.45) is 0.551. The second-order valence-electron chi connectivity index (χ2n) is 7.74. The lowest BCUT2D eigenvalue weighted by molar-refractivity contribution is -0.337. The maximum Gasteiger partial charge on any atom is 0.184 e. The molecular weight excluding hydrogens is 318 g/mol. The van der Waals surface area contributed by atoms with Crippen LogP contribution in [0.25, 0.3) is 0 Å². The van der Waals surface area contributed by atoms with Crippen molar-refractivity contribution in [1.82, 2.24) is 4.90 Å². The first-order chi connectivity index (χ1) is 12.1. The van der Waals surface area contributed by atoms with Gasteiger partial charge in [-0.15, -0.1) is 0 Å². The van der Waals surface area contributed by atoms with Gasteiger partial charge >= 0.3 is 0 Å². The van der Waals surface area contributed by atoms with E-state index in [2.05, 4.69) is 37.8 Å². The molecule has 3 aliphatic rings. The van der Waals surface area contributed by atoms with E-state index in [1.165, 1.54) is 0 Å². The number of benzene rings is 1. The fourth-order valence-corrected chi connectivity index (χ4v) is 4.97. The Morgan fingerprint density at radius 2 is 1.92 bits per heavy atom. The molecule has 0 aromatic heterocycles. The SMILES string of the molecule is CO[C@H]1O[C@@H]2CO[C@@H](c3ccccc3)O[C@H]2[C@@H]2C[C@@H](C)N(C(C)C)[C@H]12. The number of fused-ring (bicyclic) bond motifs is 3. The van der Waals surface area contributed by atoms with Crippen molar-refractivity contribution in [3.63, 3.8) is 0 Å². The van der Waals surface area contributed by atoms with Crippen molar-refractivity contribution in [3.8, 4) is 0 Å². The number of hydrogen-bond donors (Lipinski definition) is 0. The van der Waals surface area contributed by atoms with E-state index in [9.17, 15) is 0 Å². The van der Waals surface area contributed by atoms with Crippen molar-refractivity contribution in [1.29, 1.82) is 0 Å². The molecule has 0 saturated carbocycles. The molecule has 5 nitrogen and oxygen atoms in total. The predicted octanol–water partition coefficient (Wildman–Crippen LogP) is 2.96. The molecule has 4 rings (SSSR count). The van der Waals surface area contributed by atoms with Crippen LogP contribution >= 0.6 is 0 Å². The molecule has 7 atom stereocenters. The third kappa shape index (κ3) is 3.02. The molecule has 3 aliphatic heterocycles. The average molecular weight is 347 g/mol. The van der Waals surface area contributed by atoms with E-state index in [0.29, 0.717) is 24.6 Å². The summed E-state index contributed by atoms with van der Waals surface area (Å²) in [5.41, 5.74) is 1.07. The lowest BCUT2D eigenvalue weighted by Crippen LogP contribution is -2.61. The Morgan fingerprint density at radius 1 is 1.16 bits per heavy atom. The van der Waals surface area contributed by atoms with Gasteiger partial charge in [0, 0.05) is 30.7 Å². The number of nitrogens with zero attached hydrogens (tertiary/aromatic N) is 1. The monoisotopic (exact) mass is 347 g/mol. The molecule has 0 aliphatic carbocycles. The van der Waals surface area contributed by atoms with Crippen LogP contribution in [0.4, 0.5) is 0 Å². The Hall–Kier alpha value is -0.980. The normalized spacial score (nSPS) is 41.6. The molecule has 0 amide bonds. The van der Waals surface area contributed by atoms with Crippen LogP contribution in [0.2, 0.25) is 0 Å². The molecule has 0 radical (unpaired) electrons. The minimum atomic E-state index is -0.311. The maximum absolute atomic E-state index is 6.43. The van der Waals surface area contributed by atoms with Gasteiger partial charge in [-0.2, -0.15) is 0 Å². The fourth-order valence-electron chi connectivity index (χ4n) is 4.97. The molecule has 3 heterocycles. The van der Waals surface area contributed by atoms with E-state index in [4.69, 9.17) is 18.9 Å². The van der Waals surface area contributed by atoms with Crippen LogP contribution < -0.4 is 0 Å². The lowest BCUT2D eigenvalue weighted by Gasteiger charge is -2.49. The minimum absolute atomic E-state index is 0.0431. The molecule has 1 aromatic rings. The molecule has 0 bridgehead atoms. The number of hydrogen-bond acceptors (Lipinski definition) is 5. The zero-order valence-corrected chi connectivity index (χ0v) is 15.5. The van der Waals surface area contributed by atoms with Gasteiger partial charge in [-0.25, -0.2) is 0 Å². The topological polar surface area (TPSA) is 40.2 Å². The molecule has 0 unspecified atom stereocenters. The highest BCUT2D eigenvalue weighted by atomic mass is 16.7. The van der Waals surface area contributed by atoms with Gasteiger partial charge in [0.05, 0.1) is 18.8 Å². The molecule has 3 saturated heterocycles. The second kappa shape index (κ2) is 6.97. The Bertz CT molecular complexity index is 580. The molecule has 0 spiro atoms. The summed E-state index contributed by atoms with van der Waals surface area (Å²) in [6, 6.07) is 11.3. The summed E-state index contributed by atoms with van der Waals surface area (Å²) in [5, 5.41) is 0. The fraction of sp³-hybridized carbons (Fsp3) is 0.700. The summed E-state index contributed by atoms with van der Waals surface area (Å²) in [5.74, 6) is 0.399. The maximum atomic E-state index is 6.43. The number of likely N-dealkylation sites (tertiary alicyclic amines) is 1. The third-order valence-electron chi connectivity index (χ3n) is 5.87. The third-order valence-corrected chi connectivity index (χ3v) is 5.87. The van der Waals surface area contributed by atoms with Crippen molar-refractivity contribution in [2.45, 2.75) is 70.1 Å². The van der Waals surface area contributed by atoms with Crippen LogP contribution in [0.3, 0.4) is 0 Å². The molecule has 25 heavy (non-hydrogen) atoms. The quantitative estimate of drug-likeness (QED) is 0.841. The summed E-state index contributed by atoms with van der Waals surface area (Å²) in [6.45, 7) is 7.34. The van der Waals surface area contributed by atoms with Crippen molar-refractivity contribution < 1.29 is 18.9 Å². The van der Waals surface area contributed by atoms with Crippen molar-refractivity contribution >= 4 is 0 Å². The van der Waals surface area contributed by atoms with Crippen LogP contribution in [0.15, 0.2) is 30.3 Å². The van der Waals surface area contributed by atoms with Crippen LogP contribution in [0.5, 0.6) is 0 Å². The van der Waals surface area contributed by atoms with Gasteiger partial charge in [-0.3, -0.25) is 4.90 Å². The van der Waals surface area contributed by atoms with Gasteiger partial charge in [-0.1, -0.05) is 30.3 Å². The largest absolute Gasteiger partial charge is 0.354 e. The van der Waals surface area contributed by atoms with Crippen molar-refractivity contribution in [2.24, 2.45) is 5.92 Å². The standard InChI is InChI=1S/C20H29NO4/c1-12(2)21-13(3)10-15-17(21)20(22-4)24-16-11-23-19(25-18(15)16)14-8-6-5-7-9-14/h5-9,12-13,15-20H,10-11H2,1-4H3/t13-,15-,16-,17+,18+,19-,20+/m1/s1. The smallest absolute Gasteiger partial charge is 0.184 e. The van der Waals surface area contributed by atoms with Gasteiger partial charge in [0.2, 0.25) is 0 Å². The molecule has 3 fully saturated rings. The summed E-state index contributed by atoms with van der Waals surface area (Å²) < 4.78 is 24.4. The first-order valence-corrected chi connectivity index (χ1v) is 9.38. The van der Waals surface area contributed by atoms with Gasteiger partial charge in [-0.05, 0) is 27.2 Å². The van der Waals surface area contributed by atoms with E-state index in [0.717, 1.165) is 12.0 Å². The Labute approximate surface area is 150 Å². The van der Waals surface area contributed by atoms with Gasteiger partial charge < -0.3 is 18.9 Å². The van der Waals surface area contributed by atoms with Crippen molar-refractivity contribution in [2.75, 3.05) is 13.7 Å². The first-order valence-electron chi connectivity index (χ1n) is 9.38. The number of methoxy groups -OCH3 is 1. The first kappa shape index (κ1) is 17.4. The van der Waals surface area contributed by atoms with E-state index >= 15 is 0 Å². The molecule has 1 aromatic carbocycles. The molecule has 0 N–H and O–H groups in total. The highest BCUT2D eigenvalue weighted by molar-refractivity contribution is 5.17. The Balaban J connectivity index is 1.59. The van der Waals surface area contributed by atoms with E-state index < -0.39 is 0 Å². The van der Waals surface area contributed by atoms with Crippen LogP contribution in [0.1, 0.15) is 39.0 Å². The Kier molecular flexibility index (Phi) is 4.86. The Morgan fingerprint density at radius 3 is 2.60 bits per heavy atom. The summed E-state index contributed by atoms with van der Waals surface area (Å²) in [4.78, 5) is 2.53. The van der Waals surface area contributed by atoms with E-state index in [-0.39, 0.29) is 30.8 Å². The zero-order chi connectivity index (χ0) is 17.6. The summed E-state index contributed by atoms with van der Waals surface area (Å²) in [7, 11) is 1.74. The highest BCUT2D eigenvalue weighted by Crippen LogP contribution is 2.45. The van der Waals surface area contributed by atoms with Gasteiger partial charge in [0.1, 0.15) is 6.10 Å². The van der Waals surface area contributed by atoms with Crippen molar-refractivity contribution in [3.05, 3.63) is 35.9 Å².